The maximum Gasteiger partial charge on any atom is 0.148 e. The van der Waals surface area contributed by atoms with Crippen molar-refractivity contribution in [3.05, 3.63) is 29.8 Å². The predicted octanol–water partition coefficient (Wildman–Crippen LogP) is 0.780. The van der Waals surface area contributed by atoms with Crippen LogP contribution in [0, 0.1) is 12.3 Å². The number of terminal acetylenes is 1. The molecule has 0 amide bonds. The van der Waals surface area contributed by atoms with Crippen molar-refractivity contribution in [2.75, 3.05) is 19.8 Å². The van der Waals surface area contributed by atoms with Gasteiger partial charge in [-0.3, -0.25) is 0 Å². The summed E-state index contributed by atoms with van der Waals surface area (Å²) >= 11 is 0. The highest BCUT2D eigenvalue weighted by Gasteiger charge is 2.00. The van der Waals surface area contributed by atoms with Gasteiger partial charge < -0.3 is 15.2 Å². The van der Waals surface area contributed by atoms with Crippen molar-refractivity contribution in [2.24, 2.45) is 0 Å². The highest BCUT2D eigenvalue weighted by atomic mass is 16.5. The van der Waals surface area contributed by atoms with Crippen LogP contribution in [0.25, 0.3) is 0 Å². The monoisotopic (exact) mass is 205 g/mol. The number of aliphatic hydroxyl groups excluding tert-OH is 1. The third kappa shape index (κ3) is 4.03. The van der Waals surface area contributed by atoms with E-state index in [1.165, 1.54) is 0 Å². The van der Waals surface area contributed by atoms with Crippen molar-refractivity contribution in [3.8, 4) is 18.1 Å². The first-order chi connectivity index (χ1) is 7.38. The SMILES string of the molecule is C#CCOc1ccccc1CNCCO. The Balaban J connectivity index is 2.56. The summed E-state index contributed by atoms with van der Waals surface area (Å²) < 4.78 is 5.38. The zero-order chi connectivity index (χ0) is 10.9. The van der Waals surface area contributed by atoms with E-state index in [4.69, 9.17) is 16.3 Å². The molecule has 0 aromatic heterocycles. The zero-order valence-corrected chi connectivity index (χ0v) is 8.57. The normalized spacial score (nSPS) is 9.60. The van der Waals surface area contributed by atoms with Gasteiger partial charge in [0.25, 0.3) is 0 Å². The minimum absolute atomic E-state index is 0.132. The van der Waals surface area contributed by atoms with Crippen LogP contribution in [0.2, 0.25) is 0 Å². The Labute approximate surface area is 90.1 Å². The molecule has 1 aromatic rings. The van der Waals surface area contributed by atoms with E-state index in [9.17, 15) is 0 Å². The molecule has 0 saturated carbocycles. The summed E-state index contributed by atoms with van der Waals surface area (Å²) in [5.74, 6) is 3.22. The lowest BCUT2D eigenvalue weighted by Crippen LogP contribution is -2.18. The van der Waals surface area contributed by atoms with Gasteiger partial charge in [-0.05, 0) is 6.07 Å². The maximum atomic E-state index is 8.63. The summed E-state index contributed by atoms with van der Waals surface area (Å²) in [6, 6.07) is 7.70. The van der Waals surface area contributed by atoms with Crippen LogP contribution in [0.3, 0.4) is 0 Å². The number of hydrogen-bond acceptors (Lipinski definition) is 3. The second-order valence-electron chi connectivity index (χ2n) is 3.00. The van der Waals surface area contributed by atoms with Crippen LogP contribution in [0.4, 0.5) is 0 Å². The number of ether oxygens (including phenoxy) is 1. The second kappa shape index (κ2) is 6.88. The topological polar surface area (TPSA) is 41.5 Å². The molecule has 0 radical (unpaired) electrons. The highest BCUT2D eigenvalue weighted by molar-refractivity contribution is 5.33. The maximum absolute atomic E-state index is 8.63. The lowest BCUT2D eigenvalue weighted by Gasteiger charge is -2.09. The lowest BCUT2D eigenvalue weighted by atomic mass is 10.2. The average Bonchev–Trinajstić information content (AvgIpc) is 2.28. The smallest absolute Gasteiger partial charge is 0.148 e. The summed E-state index contributed by atoms with van der Waals surface area (Å²) in [4.78, 5) is 0. The van der Waals surface area contributed by atoms with Crippen molar-refractivity contribution in [1.82, 2.24) is 5.32 Å². The van der Waals surface area contributed by atoms with Crippen LogP contribution in [0.1, 0.15) is 5.56 Å². The number of nitrogens with one attached hydrogen (secondary N) is 1. The molecule has 0 saturated heterocycles. The highest BCUT2D eigenvalue weighted by Crippen LogP contribution is 2.17. The van der Waals surface area contributed by atoms with Gasteiger partial charge in [-0.1, -0.05) is 24.1 Å². The molecule has 0 aliphatic heterocycles. The second-order valence-corrected chi connectivity index (χ2v) is 3.00. The number of aliphatic hydroxyl groups is 1. The van der Waals surface area contributed by atoms with E-state index in [0.717, 1.165) is 11.3 Å². The Morgan fingerprint density at radius 1 is 1.40 bits per heavy atom. The average molecular weight is 205 g/mol. The number of para-hydroxylation sites is 1. The summed E-state index contributed by atoms with van der Waals surface area (Å²) in [7, 11) is 0. The lowest BCUT2D eigenvalue weighted by molar-refractivity contribution is 0.291. The van der Waals surface area contributed by atoms with Gasteiger partial charge >= 0.3 is 0 Å². The summed E-state index contributed by atoms with van der Waals surface area (Å²) in [5.41, 5.74) is 1.04. The van der Waals surface area contributed by atoms with Gasteiger partial charge in [0.15, 0.2) is 0 Å². The molecule has 1 aromatic carbocycles. The van der Waals surface area contributed by atoms with E-state index in [-0.39, 0.29) is 13.2 Å². The van der Waals surface area contributed by atoms with Crippen LogP contribution in [0.15, 0.2) is 24.3 Å². The van der Waals surface area contributed by atoms with Gasteiger partial charge in [-0.15, -0.1) is 6.42 Å². The number of hydrogen-bond donors (Lipinski definition) is 2. The molecule has 0 spiro atoms. The third-order valence-electron chi connectivity index (χ3n) is 1.89. The molecular formula is C12H15NO2. The molecule has 1 rings (SSSR count). The molecule has 0 heterocycles. The molecule has 0 bridgehead atoms. The summed E-state index contributed by atoms with van der Waals surface area (Å²) in [5, 5.41) is 11.7. The Morgan fingerprint density at radius 3 is 2.93 bits per heavy atom. The molecule has 0 aliphatic carbocycles. The van der Waals surface area contributed by atoms with Crippen LogP contribution in [-0.4, -0.2) is 24.9 Å². The Morgan fingerprint density at radius 2 is 2.20 bits per heavy atom. The van der Waals surface area contributed by atoms with E-state index >= 15 is 0 Å². The van der Waals surface area contributed by atoms with E-state index in [2.05, 4.69) is 11.2 Å². The van der Waals surface area contributed by atoms with E-state index in [1.807, 2.05) is 24.3 Å². The minimum Gasteiger partial charge on any atom is -0.481 e. The fourth-order valence-electron chi connectivity index (χ4n) is 1.21. The van der Waals surface area contributed by atoms with Gasteiger partial charge in [0, 0.05) is 18.7 Å². The van der Waals surface area contributed by atoms with Gasteiger partial charge in [-0.25, -0.2) is 0 Å². The summed E-state index contributed by atoms with van der Waals surface area (Å²) in [6.45, 7) is 1.65. The number of rotatable bonds is 6. The summed E-state index contributed by atoms with van der Waals surface area (Å²) in [6.07, 6.45) is 5.12. The molecule has 0 unspecified atom stereocenters. The quantitative estimate of drug-likeness (QED) is 0.532. The molecule has 2 N–H and O–H groups in total. The van der Waals surface area contributed by atoms with E-state index in [0.29, 0.717) is 13.1 Å². The van der Waals surface area contributed by atoms with Gasteiger partial charge in [0.05, 0.1) is 6.61 Å². The molecule has 0 atom stereocenters. The van der Waals surface area contributed by atoms with Crippen molar-refractivity contribution in [3.63, 3.8) is 0 Å². The third-order valence-corrected chi connectivity index (χ3v) is 1.89. The Kier molecular flexibility index (Phi) is 5.31. The molecule has 0 fully saturated rings. The van der Waals surface area contributed by atoms with Gasteiger partial charge in [-0.2, -0.15) is 0 Å². The Hall–Kier alpha value is -1.50. The number of benzene rings is 1. The first-order valence-corrected chi connectivity index (χ1v) is 4.84. The van der Waals surface area contributed by atoms with E-state index < -0.39 is 0 Å². The predicted molar refractivity (Wildman–Crippen MR) is 59.6 cm³/mol. The standard InChI is InChI=1S/C12H15NO2/c1-2-9-15-12-6-4-3-5-11(12)10-13-7-8-14/h1,3-6,13-14H,7-10H2. The fraction of sp³-hybridized carbons (Fsp3) is 0.333. The molecule has 0 aliphatic rings. The zero-order valence-electron chi connectivity index (χ0n) is 8.57. The van der Waals surface area contributed by atoms with Crippen LogP contribution in [0.5, 0.6) is 5.75 Å². The minimum atomic E-state index is 0.132. The van der Waals surface area contributed by atoms with Gasteiger partial charge in [0.2, 0.25) is 0 Å². The van der Waals surface area contributed by atoms with E-state index in [1.54, 1.807) is 0 Å². The first-order valence-electron chi connectivity index (χ1n) is 4.84. The van der Waals surface area contributed by atoms with Crippen molar-refractivity contribution in [2.45, 2.75) is 6.54 Å². The molecule has 3 nitrogen and oxygen atoms in total. The Bertz CT molecular complexity index is 331. The van der Waals surface area contributed by atoms with Crippen LogP contribution in [-0.2, 0) is 6.54 Å². The van der Waals surface area contributed by atoms with Crippen molar-refractivity contribution < 1.29 is 9.84 Å². The molecule has 80 valence electrons. The fourth-order valence-corrected chi connectivity index (χ4v) is 1.21. The largest absolute Gasteiger partial charge is 0.481 e. The van der Waals surface area contributed by atoms with Crippen LogP contribution >= 0.6 is 0 Å². The molecule has 15 heavy (non-hydrogen) atoms. The first kappa shape index (κ1) is 11.6. The molecule has 3 heteroatoms. The van der Waals surface area contributed by atoms with Gasteiger partial charge in [0.1, 0.15) is 12.4 Å². The van der Waals surface area contributed by atoms with Crippen molar-refractivity contribution >= 4 is 0 Å². The van der Waals surface area contributed by atoms with Crippen LogP contribution < -0.4 is 10.1 Å². The van der Waals surface area contributed by atoms with Crippen molar-refractivity contribution in [1.29, 1.82) is 0 Å². The molecular weight excluding hydrogens is 190 g/mol.